The molecule has 1 heterocycles. The largest absolute Gasteiger partial charge is 0.372 e. The Labute approximate surface area is 159 Å². The van der Waals surface area contributed by atoms with Crippen LogP contribution in [-0.4, -0.2) is 42.0 Å². The molecular formula is C22H24N2O3. The van der Waals surface area contributed by atoms with Crippen LogP contribution in [-0.2, 0) is 9.53 Å². The molecule has 0 unspecified atom stereocenters. The zero-order valence-electron chi connectivity index (χ0n) is 15.6. The minimum Gasteiger partial charge on any atom is -0.372 e. The average molecular weight is 364 g/mol. The van der Waals surface area contributed by atoms with E-state index in [2.05, 4.69) is 5.32 Å². The number of carbonyl (C=O) groups is 2. The molecule has 2 aromatic carbocycles. The molecule has 0 aliphatic carbocycles. The van der Waals surface area contributed by atoms with Gasteiger partial charge in [-0.15, -0.1) is 0 Å². The van der Waals surface area contributed by atoms with Crippen LogP contribution in [0.4, 0.5) is 0 Å². The Bertz CT molecular complexity index is 808. The van der Waals surface area contributed by atoms with E-state index in [9.17, 15) is 9.59 Å². The highest BCUT2D eigenvalue weighted by Gasteiger charge is 2.28. The normalized spacial score (nSPS) is 20.2. The zero-order valence-corrected chi connectivity index (χ0v) is 15.6. The molecule has 0 spiro atoms. The van der Waals surface area contributed by atoms with Crippen molar-refractivity contribution < 1.29 is 14.3 Å². The summed E-state index contributed by atoms with van der Waals surface area (Å²) in [5, 5.41) is 2.80. The number of hydrogen-bond acceptors (Lipinski definition) is 3. The van der Waals surface area contributed by atoms with Gasteiger partial charge in [-0.25, -0.2) is 0 Å². The van der Waals surface area contributed by atoms with Gasteiger partial charge in [-0.1, -0.05) is 48.5 Å². The van der Waals surface area contributed by atoms with Gasteiger partial charge in [0.25, 0.3) is 11.8 Å². The maximum absolute atomic E-state index is 13.1. The van der Waals surface area contributed by atoms with Crippen LogP contribution in [0, 0.1) is 0 Å². The number of amides is 2. The Morgan fingerprint density at radius 1 is 0.963 bits per heavy atom. The summed E-state index contributed by atoms with van der Waals surface area (Å²) in [5.41, 5.74) is 1.62. The molecule has 1 fully saturated rings. The minimum absolute atomic E-state index is 0.0412. The lowest BCUT2D eigenvalue weighted by molar-refractivity contribution is -0.139. The summed E-state index contributed by atoms with van der Waals surface area (Å²) in [4.78, 5) is 27.5. The molecule has 0 aromatic heterocycles. The first-order chi connectivity index (χ1) is 13.0. The van der Waals surface area contributed by atoms with E-state index in [1.807, 2.05) is 50.2 Å². The monoisotopic (exact) mass is 364 g/mol. The van der Waals surface area contributed by atoms with Crippen molar-refractivity contribution in [2.75, 3.05) is 13.1 Å². The predicted molar refractivity (Wildman–Crippen MR) is 105 cm³/mol. The Morgan fingerprint density at radius 3 is 2.11 bits per heavy atom. The van der Waals surface area contributed by atoms with E-state index in [0.717, 1.165) is 5.56 Å². The highest BCUT2D eigenvalue weighted by Crippen LogP contribution is 2.15. The summed E-state index contributed by atoms with van der Waals surface area (Å²) in [6.45, 7) is 4.88. The number of morpholine rings is 1. The topological polar surface area (TPSA) is 58.6 Å². The van der Waals surface area contributed by atoms with Gasteiger partial charge in [0.05, 0.1) is 12.2 Å². The van der Waals surface area contributed by atoms with Crippen molar-refractivity contribution in [3.8, 4) is 0 Å². The molecule has 140 valence electrons. The molecule has 2 aromatic rings. The third-order valence-electron chi connectivity index (χ3n) is 4.33. The van der Waals surface area contributed by atoms with E-state index in [4.69, 9.17) is 4.74 Å². The fraction of sp³-hybridized carbons (Fsp3) is 0.273. The summed E-state index contributed by atoms with van der Waals surface area (Å²) in [6.07, 6.45) is 1.63. The number of rotatable bonds is 4. The number of nitrogens with one attached hydrogen (secondary N) is 1. The van der Waals surface area contributed by atoms with Gasteiger partial charge in [-0.2, -0.15) is 0 Å². The van der Waals surface area contributed by atoms with Crippen molar-refractivity contribution in [1.82, 2.24) is 10.2 Å². The van der Waals surface area contributed by atoms with Crippen LogP contribution >= 0.6 is 0 Å². The third kappa shape index (κ3) is 5.05. The summed E-state index contributed by atoms with van der Waals surface area (Å²) in [5.74, 6) is -0.509. The molecule has 2 atom stereocenters. The number of benzene rings is 2. The molecule has 5 heteroatoms. The SMILES string of the molecule is C[C@@H]1CN(C(=O)/C(=C/c2ccccc2)NC(=O)c2ccccc2)C[C@@H](C)O1. The van der Waals surface area contributed by atoms with Crippen molar-refractivity contribution in [1.29, 1.82) is 0 Å². The van der Waals surface area contributed by atoms with E-state index >= 15 is 0 Å². The van der Waals surface area contributed by atoms with Crippen LogP contribution < -0.4 is 5.32 Å². The van der Waals surface area contributed by atoms with Gasteiger partial charge >= 0.3 is 0 Å². The van der Waals surface area contributed by atoms with Crippen molar-refractivity contribution >= 4 is 17.9 Å². The lowest BCUT2D eigenvalue weighted by Crippen LogP contribution is -2.50. The number of hydrogen-bond donors (Lipinski definition) is 1. The van der Waals surface area contributed by atoms with E-state index in [0.29, 0.717) is 18.7 Å². The van der Waals surface area contributed by atoms with E-state index < -0.39 is 0 Å². The molecular weight excluding hydrogens is 340 g/mol. The van der Waals surface area contributed by atoms with Crippen LogP contribution in [0.2, 0.25) is 0 Å². The minimum atomic E-state index is -0.305. The van der Waals surface area contributed by atoms with Gasteiger partial charge in [0.1, 0.15) is 5.70 Å². The van der Waals surface area contributed by atoms with Crippen molar-refractivity contribution in [2.24, 2.45) is 0 Å². The highest BCUT2D eigenvalue weighted by atomic mass is 16.5. The van der Waals surface area contributed by atoms with Gasteiger partial charge in [0.2, 0.25) is 0 Å². The summed E-state index contributed by atoms with van der Waals surface area (Å²) >= 11 is 0. The summed E-state index contributed by atoms with van der Waals surface area (Å²) in [7, 11) is 0. The second-order valence-electron chi connectivity index (χ2n) is 6.76. The molecule has 3 rings (SSSR count). The third-order valence-corrected chi connectivity index (χ3v) is 4.33. The second kappa shape index (κ2) is 8.64. The molecule has 0 bridgehead atoms. The fourth-order valence-electron chi connectivity index (χ4n) is 3.17. The fourth-order valence-corrected chi connectivity index (χ4v) is 3.17. The van der Waals surface area contributed by atoms with Crippen LogP contribution in [0.1, 0.15) is 29.8 Å². The molecule has 0 radical (unpaired) electrons. The molecule has 27 heavy (non-hydrogen) atoms. The maximum atomic E-state index is 13.1. The van der Waals surface area contributed by atoms with Crippen LogP contribution in [0.5, 0.6) is 0 Å². The Hall–Kier alpha value is -2.92. The van der Waals surface area contributed by atoms with Gasteiger partial charge in [-0.3, -0.25) is 9.59 Å². The molecule has 1 N–H and O–H groups in total. The quantitative estimate of drug-likeness (QED) is 0.848. The first kappa shape index (κ1) is 18.9. The van der Waals surface area contributed by atoms with E-state index in [1.165, 1.54) is 0 Å². The Balaban J connectivity index is 1.87. The Morgan fingerprint density at radius 2 is 1.52 bits per heavy atom. The molecule has 2 amide bonds. The van der Waals surface area contributed by atoms with E-state index in [1.54, 1.807) is 35.2 Å². The zero-order chi connectivity index (χ0) is 19.2. The second-order valence-corrected chi connectivity index (χ2v) is 6.76. The smallest absolute Gasteiger partial charge is 0.270 e. The molecule has 0 saturated carbocycles. The highest BCUT2D eigenvalue weighted by molar-refractivity contribution is 6.05. The first-order valence-corrected chi connectivity index (χ1v) is 9.11. The number of carbonyl (C=O) groups excluding carboxylic acids is 2. The van der Waals surface area contributed by atoms with Gasteiger partial charge in [0, 0.05) is 18.7 Å². The summed E-state index contributed by atoms with van der Waals surface area (Å²) < 4.78 is 5.71. The standard InChI is InChI=1S/C22H24N2O3/c1-16-14-24(15-17(2)27-16)22(26)20(13-18-9-5-3-6-10-18)23-21(25)19-11-7-4-8-12-19/h3-13,16-17H,14-15H2,1-2H3,(H,23,25)/b20-13-/t16-,17-/m1/s1. The average Bonchev–Trinajstić information content (AvgIpc) is 2.67. The van der Waals surface area contributed by atoms with Gasteiger partial charge in [0.15, 0.2) is 0 Å². The summed E-state index contributed by atoms with van der Waals surface area (Å²) in [6, 6.07) is 18.4. The molecule has 1 aliphatic rings. The first-order valence-electron chi connectivity index (χ1n) is 9.11. The van der Waals surface area contributed by atoms with Gasteiger partial charge in [-0.05, 0) is 37.6 Å². The van der Waals surface area contributed by atoms with E-state index in [-0.39, 0.29) is 29.7 Å². The van der Waals surface area contributed by atoms with Crippen molar-refractivity contribution in [2.45, 2.75) is 26.1 Å². The Kier molecular flexibility index (Phi) is 6.04. The van der Waals surface area contributed by atoms with Crippen LogP contribution in [0.15, 0.2) is 66.4 Å². The number of ether oxygens (including phenoxy) is 1. The molecule has 1 saturated heterocycles. The molecule has 1 aliphatic heterocycles. The predicted octanol–water partition coefficient (Wildman–Crippen LogP) is 3.09. The molecule has 5 nitrogen and oxygen atoms in total. The van der Waals surface area contributed by atoms with Crippen LogP contribution in [0.3, 0.4) is 0 Å². The van der Waals surface area contributed by atoms with Crippen LogP contribution in [0.25, 0.3) is 6.08 Å². The number of nitrogens with zero attached hydrogens (tertiary/aromatic N) is 1. The lowest BCUT2D eigenvalue weighted by atomic mass is 10.1. The maximum Gasteiger partial charge on any atom is 0.270 e. The lowest BCUT2D eigenvalue weighted by Gasteiger charge is -2.35. The van der Waals surface area contributed by atoms with Crippen molar-refractivity contribution in [3.05, 3.63) is 77.5 Å². The van der Waals surface area contributed by atoms with Crippen molar-refractivity contribution in [3.63, 3.8) is 0 Å². The van der Waals surface area contributed by atoms with Gasteiger partial charge < -0.3 is 15.0 Å².